The van der Waals surface area contributed by atoms with Gasteiger partial charge in [-0.1, -0.05) is 48.5 Å². The van der Waals surface area contributed by atoms with Crippen LogP contribution in [0.25, 0.3) is 11.1 Å². The molecule has 3 aromatic rings. The predicted octanol–water partition coefficient (Wildman–Crippen LogP) is 4.61. The van der Waals surface area contributed by atoms with E-state index in [1.807, 2.05) is 55.5 Å². The lowest BCUT2D eigenvalue weighted by molar-refractivity contribution is 0.103. The molecule has 1 N–H and O–H groups in total. The number of aromatic hydroxyl groups is 1. The summed E-state index contributed by atoms with van der Waals surface area (Å²) in [5, 5.41) is 10.4. The molecule has 0 saturated carbocycles. The zero-order valence-corrected chi connectivity index (χ0v) is 13.6. The molecular weight excluding hydrogens is 300 g/mol. The fourth-order valence-corrected chi connectivity index (χ4v) is 2.75. The summed E-state index contributed by atoms with van der Waals surface area (Å²) in [7, 11) is 1.62. The molecule has 3 heteroatoms. The topological polar surface area (TPSA) is 46.5 Å². The molecule has 0 aliphatic heterocycles. The van der Waals surface area contributed by atoms with Gasteiger partial charge in [0, 0.05) is 5.56 Å². The molecule has 0 spiro atoms. The van der Waals surface area contributed by atoms with Crippen LogP contribution in [0.4, 0.5) is 0 Å². The maximum absolute atomic E-state index is 12.6. The lowest BCUT2D eigenvalue weighted by Crippen LogP contribution is -2.04. The minimum Gasteiger partial charge on any atom is -0.507 e. The number of methoxy groups -OCH3 is 1. The predicted molar refractivity (Wildman–Crippen MR) is 94.7 cm³/mol. The van der Waals surface area contributed by atoms with E-state index in [9.17, 15) is 9.90 Å². The number of hydrogen-bond acceptors (Lipinski definition) is 3. The van der Waals surface area contributed by atoms with E-state index < -0.39 is 0 Å². The lowest BCUT2D eigenvalue weighted by Gasteiger charge is -2.11. The van der Waals surface area contributed by atoms with Gasteiger partial charge in [0.1, 0.15) is 11.5 Å². The number of carbonyl (C=O) groups is 1. The average Bonchev–Trinajstić information content (AvgIpc) is 2.61. The maximum atomic E-state index is 12.6. The second-order valence-electron chi connectivity index (χ2n) is 5.61. The summed E-state index contributed by atoms with van der Waals surface area (Å²) in [5.41, 5.74) is 3.46. The summed E-state index contributed by atoms with van der Waals surface area (Å²) < 4.78 is 5.16. The number of carbonyl (C=O) groups excluding carboxylic acids is 1. The molecule has 0 aromatic heterocycles. The molecular formula is C21H18O3. The molecule has 0 fully saturated rings. The minimum atomic E-state index is -0.174. The molecule has 0 amide bonds. The summed E-state index contributed by atoms with van der Waals surface area (Å²) in [6.45, 7) is 1.84. The van der Waals surface area contributed by atoms with E-state index in [-0.39, 0.29) is 11.5 Å². The van der Waals surface area contributed by atoms with Crippen LogP contribution in [0.2, 0.25) is 0 Å². The summed E-state index contributed by atoms with van der Waals surface area (Å²) in [5.74, 6) is 0.595. The molecule has 3 aromatic carbocycles. The van der Waals surface area contributed by atoms with E-state index >= 15 is 0 Å². The Morgan fingerprint density at radius 2 is 1.58 bits per heavy atom. The summed E-state index contributed by atoms with van der Waals surface area (Å²) >= 11 is 0. The van der Waals surface area contributed by atoms with Crippen molar-refractivity contribution in [3.8, 4) is 22.6 Å². The van der Waals surface area contributed by atoms with Crippen molar-refractivity contribution >= 4 is 5.78 Å². The van der Waals surface area contributed by atoms with Crippen molar-refractivity contribution in [3.05, 3.63) is 83.4 Å². The second kappa shape index (κ2) is 6.59. The number of aryl methyl sites for hydroxylation is 1. The van der Waals surface area contributed by atoms with Crippen molar-refractivity contribution in [2.45, 2.75) is 6.92 Å². The van der Waals surface area contributed by atoms with Gasteiger partial charge in [0.2, 0.25) is 0 Å². The third-order valence-electron chi connectivity index (χ3n) is 4.00. The molecule has 120 valence electrons. The monoisotopic (exact) mass is 318 g/mol. The number of rotatable bonds is 4. The highest BCUT2D eigenvalue weighted by molar-refractivity contribution is 6.11. The van der Waals surface area contributed by atoms with E-state index in [0.717, 1.165) is 22.4 Å². The van der Waals surface area contributed by atoms with Crippen LogP contribution in [0.1, 0.15) is 21.5 Å². The standard InChI is InChI=1S/C21H18O3/c1-14-12-17(15-8-10-18(24-2)11-9-15)13-19(22)20(14)21(23)16-6-4-3-5-7-16/h3-13,22H,1-2H3. The highest BCUT2D eigenvalue weighted by atomic mass is 16.5. The van der Waals surface area contributed by atoms with E-state index in [1.54, 1.807) is 25.3 Å². The van der Waals surface area contributed by atoms with Crippen LogP contribution in [0.15, 0.2) is 66.7 Å². The first-order chi connectivity index (χ1) is 11.6. The van der Waals surface area contributed by atoms with Crippen molar-refractivity contribution in [1.82, 2.24) is 0 Å². The fourth-order valence-electron chi connectivity index (χ4n) is 2.75. The van der Waals surface area contributed by atoms with E-state index in [0.29, 0.717) is 11.1 Å². The van der Waals surface area contributed by atoms with Gasteiger partial charge in [0.25, 0.3) is 0 Å². The van der Waals surface area contributed by atoms with Gasteiger partial charge in [0.15, 0.2) is 5.78 Å². The van der Waals surface area contributed by atoms with Crippen LogP contribution in [0, 0.1) is 6.92 Å². The fraction of sp³-hybridized carbons (Fsp3) is 0.0952. The smallest absolute Gasteiger partial charge is 0.197 e. The van der Waals surface area contributed by atoms with Crippen molar-refractivity contribution < 1.29 is 14.6 Å². The Labute approximate surface area is 141 Å². The van der Waals surface area contributed by atoms with Crippen molar-refractivity contribution in [2.75, 3.05) is 7.11 Å². The van der Waals surface area contributed by atoms with Gasteiger partial charge in [-0.15, -0.1) is 0 Å². The molecule has 0 saturated heterocycles. The summed E-state index contributed by atoms with van der Waals surface area (Å²) in [4.78, 5) is 12.6. The number of phenols is 1. The Kier molecular flexibility index (Phi) is 4.34. The largest absolute Gasteiger partial charge is 0.507 e. The van der Waals surface area contributed by atoms with Crippen molar-refractivity contribution in [1.29, 1.82) is 0 Å². The van der Waals surface area contributed by atoms with Gasteiger partial charge in [-0.25, -0.2) is 0 Å². The molecule has 0 radical (unpaired) electrons. The molecule has 3 nitrogen and oxygen atoms in total. The van der Waals surface area contributed by atoms with Crippen molar-refractivity contribution in [2.24, 2.45) is 0 Å². The van der Waals surface area contributed by atoms with Crippen LogP contribution in [0.5, 0.6) is 11.5 Å². The van der Waals surface area contributed by atoms with Crippen LogP contribution >= 0.6 is 0 Å². The Morgan fingerprint density at radius 1 is 0.917 bits per heavy atom. The van der Waals surface area contributed by atoms with E-state index in [2.05, 4.69) is 0 Å². The SMILES string of the molecule is COc1ccc(-c2cc(C)c(C(=O)c3ccccc3)c(O)c2)cc1. The maximum Gasteiger partial charge on any atom is 0.197 e. The number of hydrogen-bond donors (Lipinski definition) is 1. The van der Waals surface area contributed by atoms with Crippen LogP contribution in [-0.2, 0) is 0 Å². The normalized spacial score (nSPS) is 10.4. The van der Waals surface area contributed by atoms with Gasteiger partial charge in [-0.05, 0) is 41.8 Å². The number of phenolic OH excluding ortho intramolecular Hbond substituents is 1. The summed E-state index contributed by atoms with van der Waals surface area (Å²) in [6, 6.07) is 20.1. The van der Waals surface area contributed by atoms with Crippen LogP contribution < -0.4 is 4.74 Å². The first kappa shape index (κ1) is 15.8. The van der Waals surface area contributed by atoms with Gasteiger partial charge >= 0.3 is 0 Å². The molecule has 0 heterocycles. The minimum absolute atomic E-state index is 0.00493. The van der Waals surface area contributed by atoms with Crippen LogP contribution in [0.3, 0.4) is 0 Å². The van der Waals surface area contributed by atoms with Gasteiger partial charge in [-0.2, -0.15) is 0 Å². The molecule has 0 bridgehead atoms. The molecule has 0 unspecified atom stereocenters. The Balaban J connectivity index is 2.01. The number of ketones is 1. The quantitative estimate of drug-likeness (QED) is 0.715. The van der Waals surface area contributed by atoms with E-state index in [4.69, 9.17) is 4.74 Å². The first-order valence-electron chi connectivity index (χ1n) is 7.68. The molecule has 3 rings (SSSR count). The third kappa shape index (κ3) is 3.01. The molecule has 0 aliphatic rings. The second-order valence-corrected chi connectivity index (χ2v) is 5.61. The highest BCUT2D eigenvalue weighted by Crippen LogP contribution is 2.31. The Hall–Kier alpha value is -3.07. The first-order valence-corrected chi connectivity index (χ1v) is 7.68. The summed E-state index contributed by atoms with van der Waals surface area (Å²) in [6.07, 6.45) is 0. The highest BCUT2D eigenvalue weighted by Gasteiger charge is 2.17. The number of ether oxygens (including phenoxy) is 1. The Bertz CT molecular complexity index is 842. The average molecular weight is 318 g/mol. The zero-order valence-electron chi connectivity index (χ0n) is 13.6. The molecule has 0 atom stereocenters. The van der Waals surface area contributed by atoms with Gasteiger partial charge in [0.05, 0.1) is 12.7 Å². The lowest BCUT2D eigenvalue weighted by atomic mass is 9.94. The van der Waals surface area contributed by atoms with Gasteiger partial charge in [-0.3, -0.25) is 4.79 Å². The molecule has 24 heavy (non-hydrogen) atoms. The molecule has 0 aliphatic carbocycles. The van der Waals surface area contributed by atoms with Gasteiger partial charge < -0.3 is 9.84 Å². The Morgan fingerprint density at radius 3 is 2.17 bits per heavy atom. The third-order valence-corrected chi connectivity index (χ3v) is 4.00. The number of benzene rings is 3. The zero-order chi connectivity index (χ0) is 17.1. The van der Waals surface area contributed by atoms with E-state index in [1.165, 1.54) is 0 Å². The van der Waals surface area contributed by atoms with Crippen LogP contribution in [-0.4, -0.2) is 18.0 Å². The van der Waals surface area contributed by atoms with Crippen molar-refractivity contribution in [3.63, 3.8) is 0 Å².